The number of nitrogens with zero attached hydrogens (tertiary/aromatic N) is 2. The van der Waals surface area contributed by atoms with Gasteiger partial charge in [-0.1, -0.05) is 0 Å². The Morgan fingerprint density at radius 3 is 2.65 bits per heavy atom. The van der Waals surface area contributed by atoms with E-state index >= 15 is 0 Å². The van der Waals surface area contributed by atoms with Gasteiger partial charge < -0.3 is 10.6 Å². The van der Waals surface area contributed by atoms with Crippen molar-refractivity contribution in [2.45, 2.75) is 57.0 Å². The van der Waals surface area contributed by atoms with Gasteiger partial charge in [-0.2, -0.15) is 4.31 Å². The molecule has 1 aromatic carbocycles. The molecule has 2 heterocycles. The molecular formula is C18H28ClN3O3S. The maximum atomic E-state index is 13.1. The van der Waals surface area contributed by atoms with Crippen molar-refractivity contribution in [2.75, 3.05) is 18.0 Å². The Bertz CT molecular complexity index is 782. The number of carbonyl (C=O) groups is 1. The average molecular weight is 402 g/mol. The Hall–Kier alpha value is -1.15. The van der Waals surface area contributed by atoms with E-state index in [0.717, 1.165) is 24.1 Å². The Labute approximate surface area is 162 Å². The second-order valence-corrected chi connectivity index (χ2v) is 9.30. The summed E-state index contributed by atoms with van der Waals surface area (Å²) in [6.45, 7) is 6.48. The SMILES string of the molecule is CC(=O)N1c2ccc(S(=O)(=O)N3CCCC(C(C)N)C3)cc2CC1C.Cl. The molecular weight excluding hydrogens is 374 g/mol. The number of fused-ring (bicyclic) bond motifs is 1. The van der Waals surface area contributed by atoms with Gasteiger partial charge in [-0.3, -0.25) is 4.79 Å². The van der Waals surface area contributed by atoms with Gasteiger partial charge in [0, 0.05) is 37.8 Å². The van der Waals surface area contributed by atoms with Crippen LogP contribution in [-0.2, 0) is 21.2 Å². The van der Waals surface area contributed by atoms with Gasteiger partial charge in [0.05, 0.1) is 4.90 Å². The highest BCUT2D eigenvalue weighted by Gasteiger charge is 2.34. The van der Waals surface area contributed by atoms with E-state index in [1.807, 2.05) is 13.8 Å². The molecule has 0 radical (unpaired) electrons. The van der Waals surface area contributed by atoms with E-state index in [-0.39, 0.29) is 36.3 Å². The Balaban J connectivity index is 0.00000243. The van der Waals surface area contributed by atoms with E-state index < -0.39 is 10.0 Å². The normalized spacial score (nSPS) is 24.7. The van der Waals surface area contributed by atoms with E-state index in [1.54, 1.807) is 27.4 Å². The predicted molar refractivity (Wildman–Crippen MR) is 105 cm³/mol. The molecule has 2 aliphatic heterocycles. The van der Waals surface area contributed by atoms with Crippen LogP contribution >= 0.6 is 12.4 Å². The lowest BCUT2D eigenvalue weighted by molar-refractivity contribution is -0.116. The van der Waals surface area contributed by atoms with Gasteiger partial charge in [0.15, 0.2) is 0 Å². The highest BCUT2D eigenvalue weighted by Crippen LogP contribution is 2.35. The van der Waals surface area contributed by atoms with Crippen LogP contribution in [0.25, 0.3) is 0 Å². The highest BCUT2D eigenvalue weighted by atomic mass is 35.5. The first-order valence-corrected chi connectivity index (χ1v) is 10.3. The monoisotopic (exact) mass is 401 g/mol. The van der Waals surface area contributed by atoms with Gasteiger partial charge >= 0.3 is 0 Å². The van der Waals surface area contributed by atoms with Gasteiger partial charge in [-0.05, 0) is 62.8 Å². The smallest absolute Gasteiger partial charge is 0.243 e. The third kappa shape index (κ3) is 3.76. The zero-order valence-corrected chi connectivity index (χ0v) is 17.1. The van der Waals surface area contributed by atoms with Crippen LogP contribution in [0.3, 0.4) is 0 Å². The molecule has 146 valence electrons. The Morgan fingerprint density at radius 2 is 2.04 bits per heavy atom. The number of anilines is 1. The van der Waals surface area contributed by atoms with E-state index in [1.165, 1.54) is 6.92 Å². The van der Waals surface area contributed by atoms with Crippen molar-refractivity contribution in [3.8, 4) is 0 Å². The fraction of sp³-hybridized carbons (Fsp3) is 0.611. The summed E-state index contributed by atoms with van der Waals surface area (Å²) >= 11 is 0. The second-order valence-electron chi connectivity index (χ2n) is 7.36. The van der Waals surface area contributed by atoms with Crippen LogP contribution in [0.5, 0.6) is 0 Å². The van der Waals surface area contributed by atoms with Crippen LogP contribution in [0, 0.1) is 5.92 Å². The van der Waals surface area contributed by atoms with Crippen LogP contribution in [0.2, 0.25) is 0 Å². The fourth-order valence-corrected chi connectivity index (χ4v) is 5.60. The number of halogens is 1. The number of piperidine rings is 1. The lowest BCUT2D eigenvalue weighted by Crippen LogP contribution is -2.44. The molecule has 26 heavy (non-hydrogen) atoms. The number of carbonyl (C=O) groups excluding carboxylic acids is 1. The molecule has 1 amide bonds. The predicted octanol–water partition coefficient (Wildman–Crippen LogP) is 2.15. The zero-order chi connectivity index (χ0) is 18.4. The molecule has 0 aliphatic carbocycles. The molecule has 0 spiro atoms. The van der Waals surface area contributed by atoms with Crippen molar-refractivity contribution in [3.05, 3.63) is 23.8 Å². The molecule has 3 rings (SSSR count). The summed E-state index contributed by atoms with van der Waals surface area (Å²) in [7, 11) is -3.53. The first kappa shape index (κ1) is 21.2. The number of rotatable bonds is 3. The summed E-state index contributed by atoms with van der Waals surface area (Å²) < 4.78 is 27.7. The van der Waals surface area contributed by atoms with Crippen molar-refractivity contribution in [2.24, 2.45) is 11.7 Å². The van der Waals surface area contributed by atoms with Crippen molar-refractivity contribution in [1.29, 1.82) is 0 Å². The van der Waals surface area contributed by atoms with Gasteiger partial charge in [-0.15, -0.1) is 12.4 Å². The molecule has 1 saturated heterocycles. The minimum Gasteiger partial charge on any atom is -0.328 e. The van der Waals surface area contributed by atoms with Gasteiger partial charge in [0.1, 0.15) is 0 Å². The standard InChI is InChI=1S/C18H27N3O3S.ClH/c1-12-9-16-10-17(6-7-18(16)21(12)14(3)22)25(23,24)20-8-4-5-15(11-20)13(2)19;/h6-7,10,12-13,15H,4-5,8-9,11,19H2,1-3H3;1H. The largest absolute Gasteiger partial charge is 0.328 e. The molecule has 2 N–H and O–H groups in total. The van der Waals surface area contributed by atoms with Gasteiger partial charge in [0.2, 0.25) is 15.9 Å². The van der Waals surface area contributed by atoms with Crippen LogP contribution in [0.1, 0.15) is 39.2 Å². The number of benzene rings is 1. The number of hydrogen-bond acceptors (Lipinski definition) is 4. The molecule has 1 aromatic rings. The third-order valence-electron chi connectivity index (χ3n) is 5.41. The lowest BCUT2D eigenvalue weighted by atomic mass is 9.93. The maximum absolute atomic E-state index is 13.1. The Kier molecular flexibility index (Phi) is 6.38. The van der Waals surface area contributed by atoms with E-state index in [0.29, 0.717) is 24.4 Å². The van der Waals surface area contributed by atoms with Crippen molar-refractivity contribution in [1.82, 2.24) is 4.31 Å². The minimum atomic E-state index is -3.53. The van der Waals surface area contributed by atoms with Crippen molar-refractivity contribution < 1.29 is 13.2 Å². The summed E-state index contributed by atoms with van der Waals surface area (Å²) in [5.41, 5.74) is 7.73. The molecule has 1 fully saturated rings. The van der Waals surface area contributed by atoms with Gasteiger partial charge in [-0.25, -0.2) is 8.42 Å². The quantitative estimate of drug-likeness (QED) is 0.841. The molecule has 3 atom stereocenters. The zero-order valence-electron chi connectivity index (χ0n) is 15.5. The summed E-state index contributed by atoms with van der Waals surface area (Å²) in [4.78, 5) is 13.9. The number of hydrogen-bond donors (Lipinski definition) is 1. The second kappa shape index (κ2) is 7.84. The fourth-order valence-electron chi connectivity index (χ4n) is 4.02. The number of nitrogens with two attached hydrogens (primary N) is 1. The highest BCUT2D eigenvalue weighted by molar-refractivity contribution is 7.89. The van der Waals surface area contributed by atoms with Gasteiger partial charge in [0.25, 0.3) is 0 Å². The third-order valence-corrected chi connectivity index (χ3v) is 7.27. The van der Waals surface area contributed by atoms with Crippen LogP contribution in [0.4, 0.5) is 5.69 Å². The molecule has 3 unspecified atom stereocenters. The van der Waals surface area contributed by atoms with Crippen LogP contribution in [0.15, 0.2) is 23.1 Å². The summed E-state index contributed by atoms with van der Waals surface area (Å²) in [6, 6.07) is 5.17. The van der Waals surface area contributed by atoms with Crippen LogP contribution in [-0.4, -0.2) is 43.8 Å². The molecule has 0 saturated carbocycles. The van der Waals surface area contributed by atoms with Crippen LogP contribution < -0.4 is 10.6 Å². The number of sulfonamides is 1. The summed E-state index contributed by atoms with van der Waals surface area (Å²) in [5, 5.41) is 0. The maximum Gasteiger partial charge on any atom is 0.243 e. The average Bonchev–Trinajstić information content (AvgIpc) is 2.89. The van der Waals surface area contributed by atoms with E-state index in [9.17, 15) is 13.2 Å². The minimum absolute atomic E-state index is 0. The molecule has 2 aliphatic rings. The molecule has 8 heteroatoms. The summed E-state index contributed by atoms with van der Waals surface area (Å²) in [6.07, 6.45) is 2.49. The van der Waals surface area contributed by atoms with E-state index in [2.05, 4.69) is 0 Å². The number of amides is 1. The lowest BCUT2D eigenvalue weighted by Gasteiger charge is -2.33. The molecule has 6 nitrogen and oxygen atoms in total. The van der Waals surface area contributed by atoms with Crippen molar-refractivity contribution >= 4 is 34.0 Å². The first-order chi connectivity index (χ1) is 11.7. The topological polar surface area (TPSA) is 83.7 Å². The molecule has 0 aromatic heterocycles. The molecule has 0 bridgehead atoms. The first-order valence-electron chi connectivity index (χ1n) is 8.90. The summed E-state index contributed by atoms with van der Waals surface area (Å²) in [5.74, 6) is 0.184. The van der Waals surface area contributed by atoms with E-state index in [4.69, 9.17) is 5.73 Å². The van der Waals surface area contributed by atoms with Crippen molar-refractivity contribution in [3.63, 3.8) is 0 Å². The Morgan fingerprint density at radius 1 is 1.35 bits per heavy atom.